The smallest absolute Gasteiger partial charge is 0.317 e. The van der Waals surface area contributed by atoms with Crippen molar-refractivity contribution < 1.29 is 14.0 Å². The van der Waals surface area contributed by atoms with Gasteiger partial charge in [0.05, 0.1) is 6.21 Å². The van der Waals surface area contributed by atoms with Crippen LogP contribution in [0, 0.1) is 26.6 Å². The molecule has 2 N–H and O–H groups in total. The van der Waals surface area contributed by atoms with Crippen LogP contribution in [-0.2, 0) is 9.59 Å². The Kier molecular flexibility index (Phi) is 5.42. The Morgan fingerprint density at radius 2 is 1.67 bits per heavy atom. The number of anilines is 1. The Morgan fingerprint density at radius 3 is 2.29 bits per heavy atom. The number of hydrazone groups is 1. The Hall–Kier alpha value is -3.02. The zero-order valence-corrected chi connectivity index (χ0v) is 13.7. The first-order valence-electron chi connectivity index (χ1n) is 7.35. The summed E-state index contributed by atoms with van der Waals surface area (Å²) in [5.41, 5.74) is 5.69. The third-order valence-electron chi connectivity index (χ3n) is 3.40. The Morgan fingerprint density at radius 1 is 1.04 bits per heavy atom. The number of aryl methyl sites for hydroxylation is 3. The van der Waals surface area contributed by atoms with Gasteiger partial charge < -0.3 is 5.32 Å². The summed E-state index contributed by atoms with van der Waals surface area (Å²) in [6.45, 7) is 5.66. The number of carbonyl (C=O) groups excluding carboxylic acids is 2. The molecule has 2 amide bonds. The number of carbonyl (C=O) groups is 2. The molecular weight excluding hydrogens is 309 g/mol. The van der Waals surface area contributed by atoms with Gasteiger partial charge in [-0.05, 0) is 38.0 Å². The van der Waals surface area contributed by atoms with Crippen molar-refractivity contribution in [3.8, 4) is 0 Å². The molecule has 0 heterocycles. The molecule has 0 radical (unpaired) electrons. The zero-order chi connectivity index (χ0) is 17.7. The lowest BCUT2D eigenvalue weighted by molar-refractivity contribution is -0.136. The van der Waals surface area contributed by atoms with Gasteiger partial charge in [0.25, 0.3) is 0 Å². The molecule has 0 spiro atoms. The fourth-order valence-electron chi connectivity index (χ4n) is 2.34. The molecule has 0 aliphatic rings. The van der Waals surface area contributed by atoms with E-state index in [4.69, 9.17) is 0 Å². The highest BCUT2D eigenvalue weighted by Gasteiger charge is 2.15. The fraction of sp³-hybridized carbons (Fsp3) is 0.167. The van der Waals surface area contributed by atoms with Crippen LogP contribution in [0.15, 0.2) is 41.5 Å². The van der Waals surface area contributed by atoms with E-state index in [1.165, 1.54) is 12.1 Å². The van der Waals surface area contributed by atoms with Gasteiger partial charge in [-0.1, -0.05) is 35.9 Å². The van der Waals surface area contributed by atoms with E-state index < -0.39 is 17.6 Å². The van der Waals surface area contributed by atoms with Gasteiger partial charge in [-0.25, -0.2) is 9.82 Å². The molecule has 0 aliphatic heterocycles. The molecule has 2 aromatic carbocycles. The van der Waals surface area contributed by atoms with Crippen LogP contribution in [0.5, 0.6) is 0 Å². The topological polar surface area (TPSA) is 70.6 Å². The number of benzene rings is 2. The molecule has 5 nitrogen and oxygen atoms in total. The fourth-order valence-corrected chi connectivity index (χ4v) is 2.34. The number of amides is 2. The minimum absolute atomic E-state index is 0.212. The highest BCUT2D eigenvalue weighted by molar-refractivity contribution is 6.39. The van der Waals surface area contributed by atoms with E-state index in [1.54, 1.807) is 12.1 Å². The van der Waals surface area contributed by atoms with E-state index in [1.807, 2.05) is 32.9 Å². The summed E-state index contributed by atoms with van der Waals surface area (Å²) in [5.74, 6) is -2.23. The van der Waals surface area contributed by atoms with E-state index in [2.05, 4.69) is 15.8 Å². The van der Waals surface area contributed by atoms with Crippen molar-refractivity contribution in [2.24, 2.45) is 5.10 Å². The molecule has 2 rings (SSSR count). The second kappa shape index (κ2) is 7.50. The van der Waals surface area contributed by atoms with Crippen molar-refractivity contribution in [3.05, 3.63) is 64.5 Å². The maximum absolute atomic E-state index is 13.4. The van der Waals surface area contributed by atoms with Crippen molar-refractivity contribution in [1.82, 2.24) is 5.43 Å². The summed E-state index contributed by atoms with van der Waals surface area (Å²) in [4.78, 5) is 23.7. The van der Waals surface area contributed by atoms with Gasteiger partial charge in [-0.2, -0.15) is 5.10 Å². The number of nitrogens with zero attached hydrogens (tertiary/aromatic N) is 1. The van der Waals surface area contributed by atoms with Crippen molar-refractivity contribution in [3.63, 3.8) is 0 Å². The Labute approximate surface area is 139 Å². The maximum atomic E-state index is 13.4. The second-order valence-corrected chi connectivity index (χ2v) is 5.45. The van der Waals surface area contributed by atoms with Gasteiger partial charge in [0, 0.05) is 11.3 Å². The number of halogens is 1. The van der Waals surface area contributed by atoms with E-state index in [0.717, 1.165) is 22.9 Å². The first-order chi connectivity index (χ1) is 11.4. The summed E-state index contributed by atoms with van der Waals surface area (Å²) in [6.07, 6.45) is 1.14. The van der Waals surface area contributed by atoms with Crippen molar-refractivity contribution in [1.29, 1.82) is 0 Å². The van der Waals surface area contributed by atoms with Crippen molar-refractivity contribution in [2.75, 3.05) is 5.32 Å². The number of hydrogen-bond acceptors (Lipinski definition) is 3. The Bertz CT molecular complexity index is 793. The molecule has 0 atom stereocenters. The highest BCUT2D eigenvalue weighted by atomic mass is 19.1. The standard InChI is InChI=1S/C18H18FN3O2/c1-11-8-12(2)16(13(3)9-11)21-17(23)18(24)22-20-10-14-6-4-5-7-15(14)19/h4-10H,1-3H3,(H,21,23)(H,22,24)/b20-10-. The summed E-state index contributed by atoms with van der Waals surface area (Å²) in [5, 5.41) is 6.17. The lowest BCUT2D eigenvalue weighted by Gasteiger charge is -2.12. The van der Waals surface area contributed by atoms with Crippen LogP contribution in [0.3, 0.4) is 0 Å². The predicted octanol–water partition coefficient (Wildman–Crippen LogP) is 2.84. The molecule has 124 valence electrons. The second-order valence-electron chi connectivity index (χ2n) is 5.45. The maximum Gasteiger partial charge on any atom is 0.329 e. The molecule has 0 saturated carbocycles. The lowest BCUT2D eigenvalue weighted by atomic mass is 10.1. The van der Waals surface area contributed by atoms with Gasteiger partial charge in [0.2, 0.25) is 0 Å². The van der Waals surface area contributed by atoms with Gasteiger partial charge >= 0.3 is 11.8 Å². The molecule has 0 saturated heterocycles. The van der Waals surface area contributed by atoms with Crippen LogP contribution in [0.25, 0.3) is 0 Å². The molecule has 0 bridgehead atoms. The van der Waals surface area contributed by atoms with E-state index in [-0.39, 0.29) is 5.56 Å². The molecule has 24 heavy (non-hydrogen) atoms. The average Bonchev–Trinajstić information content (AvgIpc) is 2.52. The minimum atomic E-state index is -0.929. The van der Waals surface area contributed by atoms with Crippen LogP contribution in [0.4, 0.5) is 10.1 Å². The monoisotopic (exact) mass is 327 g/mol. The van der Waals surface area contributed by atoms with E-state index >= 15 is 0 Å². The molecule has 0 aromatic heterocycles. The number of rotatable bonds is 3. The SMILES string of the molecule is Cc1cc(C)c(NC(=O)C(=O)N/N=C\c2ccccc2F)c(C)c1. The molecule has 0 fully saturated rings. The molecule has 2 aromatic rings. The molecule has 0 aliphatic carbocycles. The third kappa shape index (κ3) is 4.25. The highest BCUT2D eigenvalue weighted by Crippen LogP contribution is 2.21. The van der Waals surface area contributed by atoms with E-state index in [0.29, 0.717) is 5.69 Å². The number of hydrogen-bond donors (Lipinski definition) is 2. The van der Waals surface area contributed by atoms with Crippen LogP contribution >= 0.6 is 0 Å². The van der Waals surface area contributed by atoms with Crippen molar-refractivity contribution >= 4 is 23.7 Å². The van der Waals surface area contributed by atoms with Gasteiger partial charge in [0.1, 0.15) is 5.82 Å². The van der Waals surface area contributed by atoms with Gasteiger partial charge in [-0.15, -0.1) is 0 Å². The third-order valence-corrected chi connectivity index (χ3v) is 3.40. The Balaban J connectivity index is 2.01. The minimum Gasteiger partial charge on any atom is -0.317 e. The molecule has 0 unspecified atom stereocenters. The van der Waals surface area contributed by atoms with Crippen LogP contribution in [0.1, 0.15) is 22.3 Å². The summed E-state index contributed by atoms with van der Waals surface area (Å²) in [7, 11) is 0. The van der Waals surface area contributed by atoms with E-state index in [9.17, 15) is 14.0 Å². The summed E-state index contributed by atoms with van der Waals surface area (Å²) >= 11 is 0. The molecule has 6 heteroatoms. The molecular formula is C18H18FN3O2. The van der Waals surface area contributed by atoms with Crippen LogP contribution < -0.4 is 10.7 Å². The first kappa shape index (κ1) is 17.3. The van der Waals surface area contributed by atoms with Crippen molar-refractivity contribution in [2.45, 2.75) is 20.8 Å². The van der Waals surface area contributed by atoms with Crippen LogP contribution in [-0.4, -0.2) is 18.0 Å². The first-order valence-corrected chi connectivity index (χ1v) is 7.35. The summed E-state index contributed by atoms with van der Waals surface area (Å²) in [6, 6.07) is 9.80. The number of nitrogens with one attached hydrogen (secondary N) is 2. The lowest BCUT2D eigenvalue weighted by Crippen LogP contribution is -2.32. The quantitative estimate of drug-likeness (QED) is 0.517. The zero-order valence-electron chi connectivity index (χ0n) is 13.7. The van der Waals surface area contributed by atoms with Gasteiger partial charge in [-0.3, -0.25) is 9.59 Å². The largest absolute Gasteiger partial charge is 0.329 e. The normalized spacial score (nSPS) is 10.7. The summed E-state index contributed by atoms with van der Waals surface area (Å²) < 4.78 is 13.4. The van der Waals surface area contributed by atoms with Gasteiger partial charge in [0.15, 0.2) is 0 Å². The van der Waals surface area contributed by atoms with Crippen LogP contribution in [0.2, 0.25) is 0 Å². The average molecular weight is 327 g/mol. The predicted molar refractivity (Wildman–Crippen MR) is 91.4 cm³/mol.